The second-order valence-electron chi connectivity index (χ2n) is 24.3. The molecule has 22 nitrogen and oxygen atoms in total. The number of methoxy groups -OCH3 is 1. The maximum atomic E-state index is 12.8. The third-order valence-corrected chi connectivity index (χ3v) is 15.3. The molecule has 470 valence electrons. The monoisotopic (exact) mass is 1310 g/mol. The Kier molecular flexibility index (Phi) is 18.2. The fourth-order valence-electron chi connectivity index (χ4n) is 9.52. The van der Waals surface area contributed by atoms with Crippen LogP contribution in [0.2, 0.25) is 20.1 Å². The van der Waals surface area contributed by atoms with Gasteiger partial charge in [-0.25, -0.2) is 43.6 Å². The van der Waals surface area contributed by atoms with Crippen LogP contribution in [0.3, 0.4) is 0 Å². The molecule has 0 bridgehead atoms. The molecule has 0 aliphatic rings. The van der Waals surface area contributed by atoms with E-state index in [0.717, 1.165) is 0 Å². The van der Waals surface area contributed by atoms with Crippen LogP contribution in [0.15, 0.2) is 91.4 Å². The number of amides is 1. The number of pyridine rings is 4. The molecule has 11 aromatic rings. The Morgan fingerprint density at radius 3 is 1.13 bits per heavy atom. The SMILES string of the molecule is COC(=O)c1cc(OCC(C)C)c2ccc(-n3cc(-c4cc(OCC(C)C)c5ccc(-n6cc(-c7cc(OCC(C)C)c8ccc(-n9cc(-c%10cc(OCC(C)C)c%11ccc(NC(=O)OC(C)(C)C)c(Cl)c%11n%10)nn9)c(Cl)c8n7)nn6)c(Cl)c5n4)nn3)c(Cl)c2n1. The maximum Gasteiger partial charge on any atom is 0.412 e. The lowest BCUT2D eigenvalue weighted by Gasteiger charge is -2.20. The van der Waals surface area contributed by atoms with Crippen LogP contribution in [0.4, 0.5) is 10.5 Å². The van der Waals surface area contributed by atoms with Crippen LogP contribution in [-0.4, -0.2) is 116 Å². The zero-order valence-corrected chi connectivity index (χ0v) is 54.9. The number of hydrogen-bond acceptors (Lipinski definition) is 18. The minimum Gasteiger partial charge on any atom is -0.493 e. The van der Waals surface area contributed by atoms with Gasteiger partial charge in [0, 0.05) is 45.8 Å². The number of aromatic nitrogens is 13. The zero-order chi connectivity index (χ0) is 64.7. The summed E-state index contributed by atoms with van der Waals surface area (Å²) in [4.78, 5) is 45.2. The van der Waals surface area contributed by atoms with Crippen LogP contribution in [0, 0.1) is 23.7 Å². The summed E-state index contributed by atoms with van der Waals surface area (Å²) in [6, 6.07) is 21.3. The molecule has 0 aliphatic carbocycles. The Labute approximate surface area is 543 Å². The van der Waals surface area contributed by atoms with Gasteiger partial charge in [-0.2, -0.15) is 0 Å². The standard InChI is InChI=1S/C65H64Cl4N14O8/c1-32(2)28-87-51-21-41(70-59-36(51)13-17-40(55(59)66)74-64(85)91-65(9,10)11)45-25-81(78-75-45)48-18-14-37-52(88-29-33(3)4)22-42(71-60(37)56(48)67)46-26-82(79-76-46)49-19-15-38-53(89-30-34(5)6)23-43(72-61(38)57(49)68)47-27-83(80-77-47)50-20-16-39-54(90-31-35(7)8)24-44(63(84)86-12)73-62(39)58(50)69/h13-27,32-35H,28-31H2,1-12H3,(H,74,85). The Morgan fingerprint density at radius 2 is 0.791 bits per heavy atom. The van der Waals surface area contributed by atoms with Crippen LogP contribution in [0.5, 0.6) is 23.0 Å². The summed E-state index contributed by atoms with van der Waals surface area (Å²) in [6.07, 6.45) is 4.40. The van der Waals surface area contributed by atoms with Gasteiger partial charge in [0.05, 0.1) is 134 Å². The highest BCUT2D eigenvalue weighted by Crippen LogP contribution is 2.42. The predicted octanol–water partition coefficient (Wildman–Crippen LogP) is 15.5. The summed E-state index contributed by atoms with van der Waals surface area (Å²) in [6.45, 7) is 23.3. The van der Waals surface area contributed by atoms with Crippen molar-refractivity contribution in [1.82, 2.24) is 64.9 Å². The normalized spacial score (nSPS) is 12.0. The largest absolute Gasteiger partial charge is 0.493 e. The van der Waals surface area contributed by atoms with Gasteiger partial charge in [0.1, 0.15) is 45.7 Å². The highest BCUT2D eigenvalue weighted by molar-refractivity contribution is 6.39. The van der Waals surface area contributed by atoms with E-state index in [0.29, 0.717) is 150 Å². The number of rotatable bonds is 20. The van der Waals surface area contributed by atoms with Crippen LogP contribution < -0.4 is 24.3 Å². The molecule has 0 saturated carbocycles. The molecule has 4 aromatic carbocycles. The first-order valence-electron chi connectivity index (χ1n) is 29.3. The molecule has 11 rings (SSSR count). The van der Waals surface area contributed by atoms with Crippen molar-refractivity contribution in [2.75, 3.05) is 38.9 Å². The van der Waals surface area contributed by atoms with E-state index in [-0.39, 0.29) is 49.5 Å². The highest BCUT2D eigenvalue weighted by atomic mass is 35.5. The number of carbonyl (C=O) groups excluding carboxylic acids is 2. The Balaban J connectivity index is 0.939. The number of ether oxygens (including phenoxy) is 6. The molecule has 0 atom stereocenters. The van der Waals surface area contributed by atoms with Gasteiger partial charge in [0.2, 0.25) is 0 Å². The summed E-state index contributed by atoms with van der Waals surface area (Å²) < 4.78 is 40.4. The Hall–Kier alpha value is -8.96. The lowest BCUT2D eigenvalue weighted by atomic mass is 10.1. The van der Waals surface area contributed by atoms with Crippen molar-refractivity contribution in [2.45, 2.75) is 81.8 Å². The Bertz CT molecular complexity index is 4620. The van der Waals surface area contributed by atoms with E-state index < -0.39 is 17.7 Å². The molecule has 0 saturated heterocycles. The minimum absolute atomic E-state index is 0.0339. The highest BCUT2D eigenvalue weighted by Gasteiger charge is 2.26. The molecular formula is C65H64Cl4N14O8. The van der Waals surface area contributed by atoms with Crippen molar-refractivity contribution >= 4 is 108 Å². The van der Waals surface area contributed by atoms with Crippen molar-refractivity contribution in [3.63, 3.8) is 0 Å². The fraction of sp³-hybridized carbons (Fsp3) is 0.323. The van der Waals surface area contributed by atoms with Crippen molar-refractivity contribution in [3.8, 4) is 74.2 Å². The van der Waals surface area contributed by atoms with Crippen molar-refractivity contribution in [3.05, 3.63) is 117 Å². The van der Waals surface area contributed by atoms with Crippen LogP contribution in [0.25, 0.3) is 94.8 Å². The smallest absolute Gasteiger partial charge is 0.412 e. The van der Waals surface area contributed by atoms with Crippen LogP contribution >= 0.6 is 46.4 Å². The summed E-state index contributed by atoms with van der Waals surface area (Å²) in [5, 5.41) is 33.3. The van der Waals surface area contributed by atoms with E-state index in [4.69, 9.17) is 89.8 Å². The number of nitrogens with zero attached hydrogens (tertiary/aromatic N) is 13. The lowest BCUT2D eigenvalue weighted by Crippen LogP contribution is -2.27. The van der Waals surface area contributed by atoms with Gasteiger partial charge in [0.25, 0.3) is 0 Å². The van der Waals surface area contributed by atoms with Gasteiger partial charge in [-0.05, 0) is 93.0 Å². The quantitative estimate of drug-likeness (QED) is 0.0697. The van der Waals surface area contributed by atoms with Gasteiger partial charge in [-0.15, -0.1) is 15.3 Å². The van der Waals surface area contributed by atoms with E-state index in [9.17, 15) is 9.59 Å². The molecule has 1 amide bonds. The van der Waals surface area contributed by atoms with Gasteiger partial charge >= 0.3 is 12.1 Å². The molecule has 7 heterocycles. The molecule has 91 heavy (non-hydrogen) atoms. The molecular weight excluding hydrogens is 1250 g/mol. The van der Waals surface area contributed by atoms with Gasteiger partial charge < -0.3 is 28.4 Å². The lowest BCUT2D eigenvalue weighted by molar-refractivity contribution is 0.0591. The van der Waals surface area contributed by atoms with Crippen molar-refractivity contribution in [1.29, 1.82) is 0 Å². The van der Waals surface area contributed by atoms with Gasteiger partial charge in [-0.3, -0.25) is 5.32 Å². The van der Waals surface area contributed by atoms with Crippen molar-refractivity contribution in [2.24, 2.45) is 23.7 Å². The molecule has 0 radical (unpaired) electrons. The number of halogens is 4. The topological polar surface area (TPSA) is 245 Å². The third-order valence-electron chi connectivity index (χ3n) is 13.8. The first kappa shape index (κ1) is 63.6. The van der Waals surface area contributed by atoms with Crippen LogP contribution in [-0.2, 0) is 9.47 Å². The van der Waals surface area contributed by atoms with Gasteiger partial charge in [0.15, 0.2) is 5.69 Å². The number of esters is 1. The summed E-state index contributed by atoms with van der Waals surface area (Å²) >= 11 is 28.9. The number of fused-ring (bicyclic) bond motifs is 4. The summed E-state index contributed by atoms with van der Waals surface area (Å²) in [7, 11) is 1.28. The molecule has 0 unspecified atom stereocenters. The van der Waals surface area contributed by atoms with Crippen molar-refractivity contribution < 1.29 is 38.0 Å². The second-order valence-corrected chi connectivity index (χ2v) is 25.8. The van der Waals surface area contributed by atoms with Gasteiger partial charge in [-0.1, -0.05) is 117 Å². The van der Waals surface area contributed by atoms with Crippen LogP contribution in [0.1, 0.15) is 86.6 Å². The fourth-order valence-corrected chi connectivity index (χ4v) is 10.7. The summed E-state index contributed by atoms with van der Waals surface area (Å²) in [5.41, 5.74) is 4.73. The molecule has 0 fully saturated rings. The maximum absolute atomic E-state index is 12.8. The first-order valence-corrected chi connectivity index (χ1v) is 30.8. The van der Waals surface area contributed by atoms with E-state index in [1.165, 1.54) is 21.2 Å². The molecule has 1 N–H and O–H groups in total. The van der Waals surface area contributed by atoms with E-state index in [1.807, 2.05) is 52.0 Å². The zero-order valence-electron chi connectivity index (χ0n) is 51.9. The second kappa shape index (κ2) is 26.1. The first-order chi connectivity index (χ1) is 43.4. The molecule has 7 aromatic heterocycles. The van der Waals surface area contributed by atoms with E-state index >= 15 is 0 Å². The number of hydrogen-bond donors (Lipinski definition) is 1. The molecule has 0 aliphatic heterocycles. The average Bonchev–Trinajstić information content (AvgIpc) is 1.84. The Morgan fingerprint density at radius 1 is 0.462 bits per heavy atom. The van der Waals surface area contributed by atoms with E-state index in [1.54, 1.807) is 87.9 Å². The summed E-state index contributed by atoms with van der Waals surface area (Å²) in [5.74, 6) is 2.12. The number of anilines is 1. The minimum atomic E-state index is -0.734. The number of benzene rings is 4. The molecule has 0 spiro atoms. The van der Waals surface area contributed by atoms with E-state index in [2.05, 4.69) is 68.9 Å². The predicted molar refractivity (Wildman–Crippen MR) is 351 cm³/mol. The third kappa shape index (κ3) is 13.6. The average molecular weight is 1310 g/mol. The molecule has 26 heteroatoms. The number of carbonyl (C=O) groups is 2. The number of nitrogens with one attached hydrogen (secondary N) is 1.